The fourth-order valence-electron chi connectivity index (χ4n) is 4.59. The second kappa shape index (κ2) is 11.3. The third kappa shape index (κ3) is 6.79. The lowest BCUT2D eigenvalue weighted by atomic mass is 9.88. The molecule has 0 spiro atoms. The van der Waals surface area contributed by atoms with Crippen molar-refractivity contribution < 1.29 is 27.1 Å². The van der Waals surface area contributed by atoms with E-state index in [0.717, 1.165) is 23.3 Å². The van der Waals surface area contributed by atoms with Crippen molar-refractivity contribution >= 4 is 5.91 Å². The van der Waals surface area contributed by atoms with Gasteiger partial charge in [0.05, 0.1) is 12.2 Å². The second-order valence-corrected chi connectivity index (χ2v) is 9.24. The van der Waals surface area contributed by atoms with E-state index in [0.29, 0.717) is 39.3 Å². The van der Waals surface area contributed by atoms with Gasteiger partial charge in [0, 0.05) is 51.7 Å². The van der Waals surface area contributed by atoms with Crippen molar-refractivity contribution in [3.05, 3.63) is 71.0 Å². The van der Waals surface area contributed by atoms with Crippen LogP contribution in [0, 0.1) is 17.7 Å². The van der Waals surface area contributed by atoms with Crippen LogP contribution < -0.4 is 0 Å². The Labute approximate surface area is 198 Å². The Kier molecular flexibility index (Phi) is 8.71. The Morgan fingerprint density at radius 2 is 1.85 bits per heavy atom. The van der Waals surface area contributed by atoms with Crippen LogP contribution >= 0.6 is 0 Å². The number of hydrogen-bond donors (Lipinski definition) is 0. The number of nitrogens with zero attached hydrogens (tertiary/aromatic N) is 2. The van der Waals surface area contributed by atoms with E-state index in [1.165, 1.54) is 24.3 Å². The highest BCUT2D eigenvalue weighted by Crippen LogP contribution is 2.35. The number of amides is 1. The summed E-state index contributed by atoms with van der Waals surface area (Å²) in [5.41, 5.74) is 0.971. The van der Waals surface area contributed by atoms with Gasteiger partial charge in [-0.25, -0.2) is 4.39 Å². The molecule has 1 saturated heterocycles. The van der Waals surface area contributed by atoms with Gasteiger partial charge in [0.25, 0.3) is 0 Å². The molecule has 1 aliphatic heterocycles. The summed E-state index contributed by atoms with van der Waals surface area (Å²) in [7, 11) is 1.59. The van der Waals surface area contributed by atoms with Gasteiger partial charge in [-0.2, -0.15) is 13.2 Å². The molecule has 2 aromatic rings. The zero-order chi connectivity index (χ0) is 24.9. The van der Waals surface area contributed by atoms with Crippen LogP contribution in [0.25, 0.3) is 0 Å². The molecule has 0 aromatic heterocycles. The van der Waals surface area contributed by atoms with E-state index < -0.39 is 11.7 Å². The first-order chi connectivity index (χ1) is 16.1. The summed E-state index contributed by atoms with van der Waals surface area (Å²) in [6.07, 6.45) is -4.37. The van der Waals surface area contributed by atoms with Crippen molar-refractivity contribution in [3.8, 4) is 0 Å². The van der Waals surface area contributed by atoms with E-state index >= 15 is 0 Å². The molecular weight excluding hydrogens is 448 g/mol. The van der Waals surface area contributed by atoms with Crippen LogP contribution in [-0.4, -0.2) is 55.6 Å². The number of halogens is 4. The van der Waals surface area contributed by atoms with Crippen molar-refractivity contribution in [2.24, 2.45) is 11.8 Å². The van der Waals surface area contributed by atoms with Gasteiger partial charge in [-0.15, -0.1) is 0 Å². The van der Waals surface area contributed by atoms with Gasteiger partial charge in [0.1, 0.15) is 5.82 Å². The predicted octanol–water partition coefficient (Wildman–Crippen LogP) is 5.19. The van der Waals surface area contributed by atoms with Gasteiger partial charge >= 0.3 is 6.18 Å². The monoisotopic (exact) mass is 480 g/mol. The van der Waals surface area contributed by atoms with E-state index in [4.69, 9.17) is 4.74 Å². The molecule has 34 heavy (non-hydrogen) atoms. The number of alkyl halides is 3. The SMILES string of the molecule is COCCN(CC1CN(Cc2ccc(C(F)(F)F)cc2)CC1c1cccc(F)c1)C(=O)C(C)C. The van der Waals surface area contributed by atoms with E-state index in [1.54, 1.807) is 13.2 Å². The standard InChI is InChI=1S/C26H32F4N2O2/c1-18(2)25(33)32(11-12-34-3)16-21-15-31(17-24(21)20-5-4-6-23(27)13-20)14-19-7-9-22(10-8-19)26(28,29)30/h4-10,13,18,21,24H,11-12,14-17H2,1-3H3. The van der Waals surface area contributed by atoms with E-state index in [9.17, 15) is 22.4 Å². The van der Waals surface area contributed by atoms with Crippen LogP contribution in [0.5, 0.6) is 0 Å². The number of hydrogen-bond acceptors (Lipinski definition) is 3. The van der Waals surface area contributed by atoms with Crippen molar-refractivity contribution in [3.63, 3.8) is 0 Å². The summed E-state index contributed by atoms with van der Waals surface area (Å²) in [5.74, 6) is -0.386. The third-order valence-corrected chi connectivity index (χ3v) is 6.31. The van der Waals surface area contributed by atoms with Crippen molar-refractivity contribution in [1.29, 1.82) is 0 Å². The third-order valence-electron chi connectivity index (χ3n) is 6.31. The van der Waals surface area contributed by atoms with E-state index in [1.807, 2.05) is 24.8 Å². The minimum atomic E-state index is -4.37. The fourth-order valence-corrected chi connectivity index (χ4v) is 4.59. The lowest BCUT2D eigenvalue weighted by Gasteiger charge is -2.29. The molecule has 0 bridgehead atoms. The minimum absolute atomic E-state index is 0.00449. The molecule has 8 heteroatoms. The maximum atomic E-state index is 14.0. The summed E-state index contributed by atoms with van der Waals surface area (Å²) in [4.78, 5) is 16.8. The Hall–Kier alpha value is -2.45. The fraction of sp³-hybridized carbons (Fsp3) is 0.500. The van der Waals surface area contributed by atoms with Crippen LogP contribution in [0.3, 0.4) is 0 Å². The van der Waals surface area contributed by atoms with Crippen LogP contribution in [0.2, 0.25) is 0 Å². The smallest absolute Gasteiger partial charge is 0.383 e. The highest BCUT2D eigenvalue weighted by Gasteiger charge is 2.36. The summed E-state index contributed by atoms with van der Waals surface area (Å²) < 4.78 is 57.9. The van der Waals surface area contributed by atoms with E-state index in [-0.39, 0.29) is 29.5 Å². The molecule has 0 aliphatic carbocycles. The molecule has 0 radical (unpaired) electrons. The number of rotatable bonds is 9. The molecule has 2 unspecified atom stereocenters. The number of carbonyl (C=O) groups is 1. The summed E-state index contributed by atoms with van der Waals surface area (Å²) in [6.45, 7) is 6.88. The first-order valence-corrected chi connectivity index (χ1v) is 11.5. The number of methoxy groups -OCH3 is 1. The normalized spacial score (nSPS) is 19.1. The Morgan fingerprint density at radius 3 is 2.44 bits per heavy atom. The average molecular weight is 481 g/mol. The number of likely N-dealkylation sites (tertiary alicyclic amines) is 1. The first kappa shape index (κ1) is 26.2. The van der Waals surface area contributed by atoms with Gasteiger partial charge in [-0.1, -0.05) is 38.1 Å². The van der Waals surface area contributed by atoms with Crippen molar-refractivity contribution in [2.75, 3.05) is 39.9 Å². The van der Waals surface area contributed by atoms with Crippen LogP contribution in [-0.2, 0) is 22.3 Å². The van der Waals surface area contributed by atoms with Gasteiger partial charge in [0.15, 0.2) is 0 Å². The lowest BCUT2D eigenvalue weighted by molar-refractivity contribution is -0.137. The maximum Gasteiger partial charge on any atom is 0.416 e. The molecule has 3 rings (SSSR count). The molecule has 0 saturated carbocycles. The van der Waals surface area contributed by atoms with Gasteiger partial charge < -0.3 is 9.64 Å². The molecule has 1 amide bonds. The molecule has 186 valence electrons. The number of ether oxygens (including phenoxy) is 1. The summed E-state index contributed by atoms with van der Waals surface area (Å²) in [6, 6.07) is 11.7. The molecule has 2 atom stereocenters. The van der Waals surface area contributed by atoms with Gasteiger partial charge in [-0.3, -0.25) is 9.69 Å². The van der Waals surface area contributed by atoms with E-state index in [2.05, 4.69) is 4.90 Å². The predicted molar refractivity (Wildman–Crippen MR) is 123 cm³/mol. The minimum Gasteiger partial charge on any atom is -0.383 e. The van der Waals surface area contributed by atoms with Crippen LogP contribution in [0.4, 0.5) is 17.6 Å². The zero-order valence-corrected chi connectivity index (χ0v) is 19.8. The highest BCUT2D eigenvalue weighted by atomic mass is 19.4. The number of carbonyl (C=O) groups excluding carboxylic acids is 1. The Bertz CT molecular complexity index is 947. The topological polar surface area (TPSA) is 32.8 Å². The second-order valence-electron chi connectivity index (χ2n) is 9.24. The first-order valence-electron chi connectivity index (χ1n) is 11.5. The van der Waals surface area contributed by atoms with Crippen molar-refractivity contribution in [2.45, 2.75) is 32.5 Å². The molecule has 1 aliphatic rings. The quantitative estimate of drug-likeness (QED) is 0.463. The molecule has 2 aromatic carbocycles. The molecule has 0 N–H and O–H groups in total. The zero-order valence-electron chi connectivity index (χ0n) is 19.8. The largest absolute Gasteiger partial charge is 0.416 e. The lowest BCUT2D eigenvalue weighted by Crippen LogP contribution is -2.41. The number of benzene rings is 2. The summed E-state index contributed by atoms with van der Waals surface area (Å²) >= 11 is 0. The van der Waals surface area contributed by atoms with Gasteiger partial charge in [0.2, 0.25) is 5.91 Å². The molecule has 1 heterocycles. The van der Waals surface area contributed by atoms with Crippen molar-refractivity contribution in [1.82, 2.24) is 9.80 Å². The van der Waals surface area contributed by atoms with Gasteiger partial charge in [-0.05, 0) is 41.3 Å². The molecular formula is C26H32F4N2O2. The van der Waals surface area contributed by atoms with Crippen LogP contribution in [0.1, 0.15) is 36.5 Å². The average Bonchev–Trinajstić information content (AvgIpc) is 3.18. The Balaban J connectivity index is 1.80. The van der Waals surface area contributed by atoms with Crippen LogP contribution in [0.15, 0.2) is 48.5 Å². The maximum absolute atomic E-state index is 14.0. The summed E-state index contributed by atoms with van der Waals surface area (Å²) in [5, 5.41) is 0. The Morgan fingerprint density at radius 1 is 1.15 bits per heavy atom. The highest BCUT2D eigenvalue weighted by molar-refractivity contribution is 5.78. The molecule has 1 fully saturated rings. The molecule has 4 nitrogen and oxygen atoms in total.